The van der Waals surface area contributed by atoms with E-state index in [1.165, 1.54) is 11.1 Å². The van der Waals surface area contributed by atoms with Crippen LogP contribution in [0.5, 0.6) is 0 Å². The Bertz CT molecular complexity index is 460. The van der Waals surface area contributed by atoms with Crippen LogP contribution in [0, 0.1) is 0 Å². The fourth-order valence-electron chi connectivity index (χ4n) is 3.51. The molecule has 2 heteroatoms. The second-order valence-corrected chi connectivity index (χ2v) is 5.69. The van der Waals surface area contributed by atoms with Gasteiger partial charge in [-0.1, -0.05) is 31.2 Å². The summed E-state index contributed by atoms with van der Waals surface area (Å²) in [5.41, 5.74) is 2.63. The van der Waals surface area contributed by atoms with Crippen LogP contribution in [-0.2, 0) is 11.2 Å². The van der Waals surface area contributed by atoms with Crippen molar-refractivity contribution in [2.45, 2.75) is 50.5 Å². The molecule has 1 aromatic rings. The number of Topliss-reactive ketones (excluding diaryl/α,β-unsaturated/α-hetero) is 1. The molecule has 0 saturated carbocycles. The van der Waals surface area contributed by atoms with E-state index in [1.807, 2.05) is 0 Å². The number of carbonyl (C=O) groups is 1. The van der Waals surface area contributed by atoms with Crippen LogP contribution in [0.25, 0.3) is 0 Å². The number of benzene rings is 1. The first-order valence-electron chi connectivity index (χ1n) is 7.11. The molecule has 0 spiro atoms. The van der Waals surface area contributed by atoms with Gasteiger partial charge in [0.15, 0.2) is 5.78 Å². The van der Waals surface area contributed by atoms with Crippen molar-refractivity contribution in [2.75, 3.05) is 6.54 Å². The number of hydrogen-bond donors (Lipinski definition) is 1. The number of ketones is 1. The monoisotopic (exact) mass is 243 g/mol. The molecule has 2 unspecified atom stereocenters. The maximum atomic E-state index is 12.5. The van der Waals surface area contributed by atoms with Gasteiger partial charge >= 0.3 is 0 Å². The number of hydrogen-bond acceptors (Lipinski definition) is 2. The van der Waals surface area contributed by atoms with Crippen LogP contribution < -0.4 is 5.32 Å². The zero-order valence-corrected chi connectivity index (χ0v) is 11.0. The Labute approximate surface area is 109 Å². The van der Waals surface area contributed by atoms with Gasteiger partial charge in [-0.05, 0) is 49.3 Å². The average molecular weight is 243 g/mol. The third-order valence-corrected chi connectivity index (χ3v) is 4.77. The predicted octanol–water partition coefficient (Wildman–Crippen LogP) is 2.82. The van der Waals surface area contributed by atoms with Gasteiger partial charge in [0, 0.05) is 6.42 Å². The minimum atomic E-state index is -0.204. The zero-order chi connectivity index (χ0) is 12.6. The van der Waals surface area contributed by atoms with Crippen molar-refractivity contribution in [3.05, 3.63) is 35.4 Å². The van der Waals surface area contributed by atoms with Crippen molar-refractivity contribution in [2.24, 2.45) is 0 Å². The summed E-state index contributed by atoms with van der Waals surface area (Å²) >= 11 is 0. The minimum absolute atomic E-state index is 0.204. The van der Waals surface area contributed by atoms with Crippen molar-refractivity contribution in [3.8, 4) is 0 Å². The van der Waals surface area contributed by atoms with Gasteiger partial charge in [0.1, 0.15) is 0 Å². The quantitative estimate of drug-likeness (QED) is 0.881. The molecule has 18 heavy (non-hydrogen) atoms. The lowest BCUT2D eigenvalue weighted by Crippen LogP contribution is -2.47. The number of fused-ring (bicyclic) bond motifs is 1. The Hall–Kier alpha value is -1.15. The lowest BCUT2D eigenvalue weighted by Gasteiger charge is -2.33. The van der Waals surface area contributed by atoms with E-state index in [4.69, 9.17) is 0 Å². The van der Waals surface area contributed by atoms with Crippen molar-refractivity contribution in [3.63, 3.8) is 0 Å². The van der Waals surface area contributed by atoms with Gasteiger partial charge in [0.25, 0.3) is 0 Å². The van der Waals surface area contributed by atoms with Gasteiger partial charge in [-0.25, -0.2) is 0 Å². The van der Waals surface area contributed by atoms with Gasteiger partial charge in [-0.2, -0.15) is 0 Å². The Kier molecular flexibility index (Phi) is 2.98. The van der Waals surface area contributed by atoms with E-state index >= 15 is 0 Å². The first kappa shape index (κ1) is 11.9. The fraction of sp³-hybridized carbons (Fsp3) is 0.562. The molecule has 0 radical (unpaired) electrons. The summed E-state index contributed by atoms with van der Waals surface area (Å²) in [5, 5.41) is 3.45. The van der Waals surface area contributed by atoms with Crippen molar-refractivity contribution >= 4 is 5.78 Å². The molecule has 0 aromatic heterocycles. The van der Waals surface area contributed by atoms with Gasteiger partial charge in [-0.15, -0.1) is 0 Å². The van der Waals surface area contributed by atoms with E-state index in [2.05, 4.69) is 36.5 Å². The highest BCUT2D eigenvalue weighted by Crippen LogP contribution is 2.39. The van der Waals surface area contributed by atoms with E-state index in [9.17, 15) is 4.79 Å². The summed E-state index contributed by atoms with van der Waals surface area (Å²) in [7, 11) is 0. The SMILES string of the molecule is CCC1(C(=O)CC2Cc3ccccc32)CCCN1. The molecule has 2 nitrogen and oxygen atoms in total. The lowest BCUT2D eigenvalue weighted by atomic mass is 9.72. The number of nitrogens with one attached hydrogen (secondary N) is 1. The molecular weight excluding hydrogens is 222 g/mol. The standard InChI is InChI=1S/C16H21NO/c1-2-16(8-5-9-17-16)15(18)11-13-10-12-6-3-4-7-14(12)13/h3-4,6-7,13,17H,2,5,8-11H2,1H3. The fourth-order valence-corrected chi connectivity index (χ4v) is 3.51. The molecule has 0 bridgehead atoms. The molecule has 1 aliphatic heterocycles. The smallest absolute Gasteiger partial charge is 0.153 e. The summed E-state index contributed by atoms with van der Waals surface area (Å²) in [5.74, 6) is 0.904. The molecule has 1 saturated heterocycles. The third-order valence-electron chi connectivity index (χ3n) is 4.77. The van der Waals surface area contributed by atoms with Gasteiger partial charge in [0.05, 0.1) is 5.54 Å². The molecule has 2 aliphatic rings. The van der Waals surface area contributed by atoms with Gasteiger partial charge in [0.2, 0.25) is 0 Å². The molecule has 2 atom stereocenters. The van der Waals surface area contributed by atoms with Crippen molar-refractivity contribution in [1.82, 2.24) is 5.32 Å². The van der Waals surface area contributed by atoms with E-state index < -0.39 is 0 Å². The van der Waals surface area contributed by atoms with E-state index in [-0.39, 0.29) is 5.54 Å². The molecule has 0 amide bonds. The topological polar surface area (TPSA) is 29.1 Å². The second kappa shape index (κ2) is 4.51. The first-order valence-corrected chi connectivity index (χ1v) is 7.11. The second-order valence-electron chi connectivity index (χ2n) is 5.69. The molecule has 1 aliphatic carbocycles. The molecule has 1 N–H and O–H groups in total. The predicted molar refractivity (Wildman–Crippen MR) is 72.8 cm³/mol. The zero-order valence-electron chi connectivity index (χ0n) is 11.0. The number of carbonyl (C=O) groups excluding carboxylic acids is 1. The normalized spacial score (nSPS) is 29.7. The highest BCUT2D eigenvalue weighted by atomic mass is 16.1. The highest BCUT2D eigenvalue weighted by molar-refractivity contribution is 5.89. The summed E-state index contributed by atoms with van der Waals surface area (Å²) in [6.45, 7) is 3.13. The molecule has 1 fully saturated rings. The summed E-state index contributed by atoms with van der Waals surface area (Å²) < 4.78 is 0. The Balaban J connectivity index is 1.70. The largest absolute Gasteiger partial charge is 0.305 e. The van der Waals surface area contributed by atoms with Crippen molar-refractivity contribution in [1.29, 1.82) is 0 Å². The van der Waals surface area contributed by atoms with Crippen LogP contribution in [0.2, 0.25) is 0 Å². The number of rotatable bonds is 4. The summed E-state index contributed by atoms with van der Waals surface area (Å²) in [6, 6.07) is 8.53. The van der Waals surface area contributed by atoms with Crippen LogP contribution >= 0.6 is 0 Å². The first-order chi connectivity index (χ1) is 8.75. The maximum Gasteiger partial charge on any atom is 0.153 e. The van der Waals surface area contributed by atoms with Crippen LogP contribution in [0.3, 0.4) is 0 Å². The van der Waals surface area contributed by atoms with E-state index in [0.29, 0.717) is 11.7 Å². The van der Waals surface area contributed by atoms with Gasteiger partial charge < -0.3 is 5.32 Å². The average Bonchev–Trinajstić information content (AvgIpc) is 2.86. The van der Waals surface area contributed by atoms with E-state index in [0.717, 1.165) is 38.6 Å². The molecule has 96 valence electrons. The van der Waals surface area contributed by atoms with Crippen LogP contribution in [-0.4, -0.2) is 17.9 Å². The highest BCUT2D eigenvalue weighted by Gasteiger charge is 2.40. The van der Waals surface area contributed by atoms with Gasteiger partial charge in [-0.3, -0.25) is 4.79 Å². The van der Waals surface area contributed by atoms with Crippen LogP contribution in [0.1, 0.15) is 49.7 Å². The molecular formula is C16H21NO. The Morgan fingerprint density at radius 1 is 1.44 bits per heavy atom. The maximum absolute atomic E-state index is 12.5. The Morgan fingerprint density at radius 3 is 2.94 bits per heavy atom. The molecule has 1 aromatic carbocycles. The van der Waals surface area contributed by atoms with E-state index in [1.54, 1.807) is 0 Å². The summed E-state index contributed by atoms with van der Waals surface area (Å²) in [6.07, 6.45) is 4.90. The van der Waals surface area contributed by atoms with Crippen LogP contribution in [0.15, 0.2) is 24.3 Å². The van der Waals surface area contributed by atoms with Crippen molar-refractivity contribution < 1.29 is 4.79 Å². The Morgan fingerprint density at radius 2 is 2.28 bits per heavy atom. The molecule has 1 heterocycles. The third kappa shape index (κ3) is 1.79. The van der Waals surface area contributed by atoms with Crippen LogP contribution in [0.4, 0.5) is 0 Å². The minimum Gasteiger partial charge on any atom is -0.305 e. The summed E-state index contributed by atoms with van der Waals surface area (Å²) in [4.78, 5) is 12.5. The molecule has 3 rings (SSSR count). The lowest BCUT2D eigenvalue weighted by molar-refractivity contribution is -0.125.